The van der Waals surface area contributed by atoms with Gasteiger partial charge in [0, 0.05) is 49.0 Å². The average Bonchev–Trinajstić information content (AvgIpc) is 3.38. The molecule has 9 nitrogen and oxygen atoms in total. The summed E-state index contributed by atoms with van der Waals surface area (Å²) in [7, 11) is 1.68. The number of aromatic nitrogens is 3. The Bertz CT molecular complexity index is 1600. The van der Waals surface area contributed by atoms with E-state index in [0.717, 1.165) is 36.8 Å². The van der Waals surface area contributed by atoms with E-state index < -0.39 is 12.2 Å². The Labute approximate surface area is 230 Å². The predicted molar refractivity (Wildman–Crippen MR) is 148 cm³/mol. The van der Waals surface area contributed by atoms with E-state index in [4.69, 9.17) is 17.2 Å². The van der Waals surface area contributed by atoms with Gasteiger partial charge in [-0.2, -0.15) is 10.4 Å². The number of hydrogen-bond acceptors (Lipinski definition) is 8. The van der Waals surface area contributed by atoms with Crippen molar-refractivity contribution < 1.29 is 17.3 Å². The maximum absolute atomic E-state index is 10.2. The molecule has 1 aromatic carbocycles. The lowest BCUT2D eigenvalue weighted by molar-refractivity contribution is -0.00868. The van der Waals surface area contributed by atoms with Crippen LogP contribution in [0.25, 0.3) is 16.6 Å². The number of ether oxygens (including phenoxy) is 2. The molecular weight excluding hydrogens is 492 g/mol. The van der Waals surface area contributed by atoms with Crippen molar-refractivity contribution >= 4 is 11.3 Å². The number of benzene rings is 1. The van der Waals surface area contributed by atoms with Gasteiger partial charge in [-0.05, 0) is 56.2 Å². The van der Waals surface area contributed by atoms with Gasteiger partial charge in [0.1, 0.15) is 29.9 Å². The Kier molecular flexibility index (Phi) is 5.78. The van der Waals surface area contributed by atoms with Crippen LogP contribution in [0.5, 0.6) is 11.5 Å². The number of piperidine rings is 1. The first-order valence-electron chi connectivity index (χ1n) is 14.0. The minimum Gasteiger partial charge on any atom is -0.497 e. The third kappa shape index (κ3) is 5.01. The molecule has 3 fully saturated rings. The Morgan fingerprint density at radius 3 is 2.54 bits per heavy atom. The second kappa shape index (κ2) is 9.88. The Morgan fingerprint density at radius 1 is 1.13 bits per heavy atom. The molecule has 7 rings (SSSR count). The standard InChI is InChI=1S/C30H32N6O3/c1-30(2,37)19-39-26-11-27(29-22(12-31)14-33-36(29)18-26)21-6-9-28(32-13-21)34-16-23-10-24(17-34)35(23)15-20-4-7-25(38-3)8-5-20/h4-9,11,13-14,18,23-24,37H,10,15-17,19H2,1-3H3/i19D2. The van der Waals surface area contributed by atoms with Crippen molar-refractivity contribution in [2.45, 2.75) is 44.5 Å². The summed E-state index contributed by atoms with van der Waals surface area (Å²) >= 11 is 0. The van der Waals surface area contributed by atoms with Gasteiger partial charge in [0.25, 0.3) is 0 Å². The fourth-order valence-electron chi connectivity index (χ4n) is 5.45. The van der Waals surface area contributed by atoms with Crippen LogP contribution < -0.4 is 14.4 Å². The van der Waals surface area contributed by atoms with E-state index >= 15 is 0 Å². The molecule has 0 aliphatic carbocycles. The first kappa shape index (κ1) is 22.8. The smallest absolute Gasteiger partial charge is 0.138 e. The molecule has 39 heavy (non-hydrogen) atoms. The third-order valence-electron chi connectivity index (χ3n) is 7.38. The van der Waals surface area contributed by atoms with Gasteiger partial charge in [0.15, 0.2) is 0 Å². The van der Waals surface area contributed by atoms with E-state index in [1.54, 1.807) is 19.4 Å². The number of nitriles is 1. The highest BCUT2D eigenvalue weighted by molar-refractivity contribution is 5.85. The molecule has 2 bridgehead atoms. The van der Waals surface area contributed by atoms with E-state index in [-0.39, 0.29) is 5.75 Å². The first-order valence-corrected chi connectivity index (χ1v) is 13.0. The summed E-state index contributed by atoms with van der Waals surface area (Å²) in [5, 5.41) is 24.2. The highest BCUT2D eigenvalue weighted by Crippen LogP contribution is 2.37. The summed E-state index contributed by atoms with van der Waals surface area (Å²) in [6.07, 6.45) is 5.92. The molecule has 0 amide bonds. The number of aliphatic hydroxyl groups is 1. The zero-order chi connectivity index (χ0) is 28.9. The van der Waals surface area contributed by atoms with Gasteiger partial charge < -0.3 is 19.5 Å². The van der Waals surface area contributed by atoms with Crippen LogP contribution in [0.1, 0.15) is 34.1 Å². The Balaban J connectivity index is 1.22. The van der Waals surface area contributed by atoms with E-state index in [2.05, 4.69) is 33.1 Å². The lowest BCUT2D eigenvalue weighted by atomic mass is 9.86. The summed E-state index contributed by atoms with van der Waals surface area (Å²) in [6, 6.07) is 17.0. The van der Waals surface area contributed by atoms with E-state index in [1.807, 2.05) is 24.3 Å². The topological polar surface area (TPSA) is 99.1 Å². The minimum absolute atomic E-state index is 0.171. The average molecular weight is 527 g/mol. The lowest BCUT2D eigenvalue weighted by Gasteiger charge is -2.56. The first-order chi connectivity index (χ1) is 19.6. The largest absolute Gasteiger partial charge is 0.497 e. The number of rotatable bonds is 8. The molecule has 200 valence electrons. The SMILES string of the molecule is [2H]C([2H])(Oc1cc(-c2ccc(N3CC4CC(C3)N4Cc3ccc(OC)cc3)nc2)c2c(C#N)cnn2c1)C(C)(C)O. The molecule has 0 radical (unpaired) electrons. The fraction of sp³-hybridized carbons (Fsp3) is 0.367. The Hall–Kier alpha value is -4.13. The zero-order valence-corrected chi connectivity index (χ0v) is 22.2. The maximum atomic E-state index is 10.2. The molecule has 2 atom stereocenters. The molecule has 3 saturated heterocycles. The van der Waals surface area contributed by atoms with Gasteiger partial charge in [0.2, 0.25) is 0 Å². The molecule has 4 aromatic rings. The number of fused-ring (bicyclic) bond motifs is 3. The third-order valence-corrected chi connectivity index (χ3v) is 7.38. The molecule has 9 heteroatoms. The van der Waals surface area contributed by atoms with Crippen molar-refractivity contribution in [3.05, 3.63) is 72.2 Å². The molecule has 3 aromatic heterocycles. The minimum atomic E-state index is -2.36. The van der Waals surface area contributed by atoms with Crippen molar-refractivity contribution in [2.24, 2.45) is 0 Å². The van der Waals surface area contributed by atoms with Crippen LogP contribution in [0.4, 0.5) is 5.82 Å². The lowest BCUT2D eigenvalue weighted by Crippen LogP contribution is -2.68. The monoisotopic (exact) mass is 526 g/mol. The van der Waals surface area contributed by atoms with Crippen LogP contribution in [0.3, 0.4) is 0 Å². The van der Waals surface area contributed by atoms with Crippen LogP contribution in [0, 0.1) is 11.3 Å². The number of hydrogen-bond donors (Lipinski definition) is 1. The molecule has 0 spiro atoms. The second-order valence-electron chi connectivity index (χ2n) is 10.7. The zero-order valence-electron chi connectivity index (χ0n) is 24.2. The van der Waals surface area contributed by atoms with Crippen molar-refractivity contribution in [3.8, 4) is 28.7 Å². The summed E-state index contributed by atoms with van der Waals surface area (Å²) in [5.74, 6) is 1.93. The van der Waals surface area contributed by atoms with E-state index in [0.29, 0.717) is 28.7 Å². The quantitative estimate of drug-likeness (QED) is 0.369. The van der Waals surface area contributed by atoms with Crippen LogP contribution in [-0.2, 0) is 6.54 Å². The maximum Gasteiger partial charge on any atom is 0.138 e. The molecule has 3 aliphatic rings. The van der Waals surface area contributed by atoms with Crippen LogP contribution in [-0.4, -0.2) is 69.0 Å². The van der Waals surface area contributed by atoms with Crippen molar-refractivity contribution in [1.82, 2.24) is 19.5 Å². The van der Waals surface area contributed by atoms with Gasteiger partial charge in [-0.25, -0.2) is 9.50 Å². The Morgan fingerprint density at radius 2 is 1.90 bits per heavy atom. The van der Waals surface area contributed by atoms with E-state index in [9.17, 15) is 10.4 Å². The van der Waals surface area contributed by atoms with Crippen molar-refractivity contribution in [1.29, 1.82) is 5.26 Å². The van der Waals surface area contributed by atoms with Crippen LogP contribution in [0.15, 0.2) is 61.1 Å². The fourth-order valence-corrected chi connectivity index (χ4v) is 5.45. The molecule has 0 saturated carbocycles. The summed E-state index contributed by atoms with van der Waals surface area (Å²) in [4.78, 5) is 9.66. The number of pyridine rings is 2. The number of anilines is 1. The molecule has 6 heterocycles. The number of piperazine rings is 1. The normalized spacial score (nSPS) is 20.1. The van der Waals surface area contributed by atoms with Gasteiger partial charge >= 0.3 is 0 Å². The number of nitrogens with zero attached hydrogens (tertiary/aromatic N) is 6. The number of methoxy groups -OCH3 is 1. The highest BCUT2D eigenvalue weighted by atomic mass is 16.5. The van der Waals surface area contributed by atoms with Gasteiger partial charge in [-0.15, -0.1) is 0 Å². The summed E-state index contributed by atoms with van der Waals surface area (Å²) < 4.78 is 28.7. The summed E-state index contributed by atoms with van der Waals surface area (Å²) in [5.41, 5.74) is 1.87. The molecule has 3 aliphatic heterocycles. The van der Waals surface area contributed by atoms with Crippen molar-refractivity contribution in [3.63, 3.8) is 0 Å². The summed E-state index contributed by atoms with van der Waals surface area (Å²) in [6.45, 7) is 3.06. The van der Waals surface area contributed by atoms with Crippen LogP contribution >= 0.6 is 0 Å². The van der Waals surface area contributed by atoms with Crippen molar-refractivity contribution in [2.75, 3.05) is 31.7 Å². The second-order valence-corrected chi connectivity index (χ2v) is 10.7. The van der Waals surface area contributed by atoms with Gasteiger partial charge in [-0.3, -0.25) is 4.90 Å². The van der Waals surface area contributed by atoms with E-state index in [1.165, 1.54) is 42.7 Å². The van der Waals surface area contributed by atoms with Gasteiger partial charge in [-0.1, -0.05) is 12.1 Å². The molecule has 2 unspecified atom stereocenters. The molecular formula is C30H32N6O3. The van der Waals surface area contributed by atoms with Crippen LogP contribution in [0.2, 0.25) is 0 Å². The highest BCUT2D eigenvalue weighted by Gasteiger charge is 2.44. The predicted octanol–water partition coefficient (Wildman–Crippen LogP) is 3.89. The molecule has 1 N–H and O–H groups in total. The van der Waals surface area contributed by atoms with Gasteiger partial charge in [0.05, 0.1) is 38.9 Å².